The molecule has 2 heterocycles. The summed E-state index contributed by atoms with van der Waals surface area (Å²) in [5.41, 5.74) is 1.69. The maximum absolute atomic E-state index is 12.9. The molecule has 8 rings (SSSR count). The second-order valence-electron chi connectivity index (χ2n) is 12.8. The molecule has 0 spiro atoms. The fourth-order valence-corrected chi connectivity index (χ4v) is 11.0. The number of thioether (sulfide) groups is 1. The molecule has 1 amide bonds. The molecule has 1 unspecified atom stereocenters. The third kappa shape index (κ3) is 4.24. The van der Waals surface area contributed by atoms with Crippen molar-refractivity contribution in [3.05, 3.63) is 16.3 Å². The van der Waals surface area contributed by atoms with Gasteiger partial charge in [-0.25, -0.2) is 9.97 Å². The molecule has 4 nitrogen and oxygen atoms in total. The number of thiophene rings is 1. The summed E-state index contributed by atoms with van der Waals surface area (Å²) in [4.78, 5) is 26.4. The first kappa shape index (κ1) is 23.0. The summed E-state index contributed by atoms with van der Waals surface area (Å²) in [6, 6.07) is 0.375. The summed E-state index contributed by atoms with van der Waals surface area (Å²) in [7, 11) is 0. The van der Waals surface area contributed by atoms with Gasteiger partial charge in [0.1, 0.15) is 15.7 Å². The number of aromatic nitrogens is 2. The highest BCUT2D eigenvalue weighted by Gasteiger charge is 2.53. The van der Waals surface area contributed by atoms with Gasteiger partial charge in [-0.15, -0.1) is 11.3 Å². The van der Waals surface area contributed by atoms with E-state index in [0.29, 0.717) is 11.8 Å². The van der Waals surface area contributed by atoms with E-state index in [1.807, 2.05) is 11.3 Å². The molecule has 2 aromatic heterocycles. The van der Waals surface area contributed by atoms with Crippen LogP contribution in [0.2, 0.25) is 0 Å². The molecule has 0 saturated heterocycles. The maximum Gasteiger partial charge on any atom is 0.230 e. The first-order valence-electron chi connectivity index (χ1n) is 14.3. The summed E-state index contributed by atoms with van der Waals surface area (Å²) in [6.45, 7) is 2.38. The molecule has 5 fully saturated rings. The lowest BCUT2D eigenvalue weighted by Gasteiger charge is -2.56. The van der Waals surface area contributed by atoms with Crippen molar-refractivity contribution >= 4 is 39.2 Å². The molecule has 188 valence electrons. The van der Waals surface area contributed by atoms with Crippen LogP contribution in [-0.4, -0.2) is 27.7 Å². The molecule has 4 bridgehead atoms. The largest absolute Gasteiger partial charge is 0.353 e. The van der Waals surface area contributed by atoms with Crippen LogP contribution in [0, 0.1) is 23.7 Å². The predicted octanol–water partition coefficient (Wildman–Crippen LogP) is 6.82. The Kier molecular flexibility index (Phi) is 5.92. The zero-order chi connectivity index (χ0) is 23.6. The minimum atomic E-state index is 0.183. The lowest BCUT2D eigenvalue weighted by Crippen LogP contribution is -2.49. The van der Waals surface area contributed by atoms with Crippen LogP contribution in [0.25, 0.3) is 10.2 Å². The van der Waals surface area contributed by atoms with Crippen LogP contribution < -0.4 is 5.32 Å². The van der Waals surface area contributed by atoms with Crippen molar-refractivity contribution in [3.8, 4) is 0 Å². The fourth-order valence-electron chi connectivity index (χ4n) is 8.69. The second kappa shape index (κ2) is 9.01. The number of carbonyl (C=O) groups excluding carboxylic acids is 1. The van der Waals surface area contributed by atoms with Gasteiger partial charge in [-0.2, -0.15) is 0 Å². The van der Waals surface area contributed by atoms with Crippen LogP contribution in [0.15, 0.2) is 5.03 Å². The molecule has 6 heteroatoms. The molecule has 0 aromatic carbocycles. The highest BCUT2D eigenvalue weighted by molar-refractivity contribution is 8.00. The van der Waals surface area contributed by atoms with Crippen LogP contribution in [0.1, 0.15) is 100 Å². The number of hydrogen-bond acceptors (Lipinski definition) is 5. The minimum Gasteiger partial charge on any atom is -0.353 e. The molecule has 6 aliphatic rings. The van der Waals surface area contributed by atoms with Gasteiger partial charge in [0, 0.05) is 21.7 Å². The molecule has 1 N–H and O–H groups in total. The Bertz CT molecular complexity index is 1100. The first-order chi connectivity index (χ1) is 17.0. The Morgan fingerprint density at radius 2 is 1.74 bits per heavy atom. The van der Waals surface area contributed by atoms with Crippen molar-refractivity contribution < 1.29 is 4.79 Å². The Morgan fingerprint density at radius 3 is 2.46 bits per heavy atom. The first-order valence-corrected chi connectivity index (χ1v) is 16.1. The molecule has 35 heavy (non-hydrogen) atoms. The van der Waals surface area contributed by atoms with Gasteiger partial charge in [-0.05, 0) is 99.9 Å². The molecular formula is C29H39N3OS2. The topological polar surface area (TPSA) is 54.9 Å². The van der Waals surface area contributed by atoms with Crippen LogP contribution in [-0.2, 0) is 23.1 Å². The van der Waals surface area contributed by atoms with E-state index in [2.05, 4.69) is 12.2 Å². The summed E-state index contributed by atoms with van der Waals surface area (Å²) in [5.74, 6) is 5.20. The van der Waals surface area contributed by atoms with Crippen LogP contribution in [0.5, 0.6) is 0 Å². The zero-order valence-electron chi connectivity index (χ0n) is 21.1. The third-order valence-electron chi connectivity index (χ3n) is 9.94. The molecule has 6 aliphatic carbocycles. The second-order valence-corrected chi connectivity index (χ2v) is 14.8. The quantitative estimate of drug-likeness (QED) is 0.355. The Morgan fingerprint density at radius 1 is 1.03 bits per heavy atom. The number of amides is 1. The zero-order valence-corrected chi connectivity index (χ0v) is 22.7. The predicted molar refractivity (Wildman–Crippen MR) is 144 cm³/mol. The van der Waals surface area contributed by atoms with Crippen molar-refractivity contribution in [2.24, 2.45) is 23.7 Å². The highest BCUT2D eigenvalue weighted by atomic mass is 32.2. The van der Waals surface area contributed by atoms with E-state index in [-0.39, 0.29) is 11.3 Å². The fraction of sp³-hybridized carbons (Fsp3) is 0.759. The van der Waals surface area contributed by atoms with E-state index in [1.54, 1.807) is 11.8 Å². The Labute approximate surface area is 217 Å². The van der Waals surface area contributed by atoms with E-state index in [1.165, 1.54) is 91.3 Å². The highest BCUT2D eigenvalue weighted by Crippen LogP contribution is 2.60. The van der Waals surface area contributed by atoms with Crippen LogP contribution in [0.4, 0.5) is 0 Å². The number of fused-ring (bicyclic) bond motifs is 3. The van der Waals surface area contributed by atoms with E-state index >= 15 is 0 Å². The average molecular weight is 510 g/mol. The summed E-state index contributed by atoms with van der Waals surface area (Å²) >= 11 is 3.62. The van der Waals surface area contributed by atoms with Crippen molar-refractivity contribution in [3.63, 3.8) is 0 Å². The van der Waals surface area contributed by atoms with Crippen molar-refractivity contribution in [2.45, 2.75) is 113 Å². The van der Waals surface area contributed by atoms with Crippen molar-refractivity contribution in [2.75, 3.05) is 5.75 Å². The molecule has 0 aliphatic heterocycles. The average Bonchev–Trinajstić information content (AvgIpc) is 3.20. The lowest BCUT2D eigenvalue weighted by molar-refractivity contribution is -0.119. The van der Waals surface area contributed by atoms with Gasteiger partial charge in [0.2, 0.25) is 5.91 Å². The normalized spacial score (nSPS) is 34.3. The Hall–Kier alpha value is -1.14. The van der Waals surface area contributed by atoms with Gasteiger partial charge >= 0.3 is 0 Å². The minimum absolute atomic E-state index is 0.183. The number of nitrogens with zero attached hydrogens (tertiary/aromatic N) is 2. The summed E-state index contributed by atoms with van der Waals surface area (Å²) in [6.07, 6.45) is 17.8. The molecule has 2 aromatic rings. The number of carbonyl (C=O) groups is 1. The van der Waals surface area contributed by atoms with E-state index in [0.717, 1.165) is 53.8 Å². The van der Waals surface area contributed by atoms with E-state index in [4.69, 9.17) is 9.97 Å². The smallest absolute Gasteiger partial charge is 0.230 e. The van der Waals surface area contributed by atoms with Crippen molar-refractivity contribution in [1.82, 2.24) is 15.3 Å². The van der Waals surface area contributed by atoms with Crippen LogP contribution in [0.3, 0.4) is 0 Å². The summed E-state index contributed by atoms with van der Waals surface area (Å²) in [5, 5.41) is 5.72. The lowest BCUT2D eigenvalue weighted by atomic mass is 9.49. The standard InChI is InChI=1S/C29H39N3OS2/c1-17-7-8-22-23(9-17)35-27-25(22)26(34-16-24(33)30-21-5-3-2-4-6-21)31-28(32-27)29-13-18-10-19(14-29)12-20(11-18)15-29/h17-21H,2-16H2,1H3,(H,30,33). The number of aryl methyl sites for hydroxylation is 1. The van der Waals surface area contributed by atoms with Gasteiger partial charge in [-0.1, -0.05) is 37.9 Å². The van der Waals surface area contributed by atoms with Gasteiger partial charge in [0.15, 0.2) is 0 Å². The number of nitrogens with one attached hydrogen (secondary N) is 1. The van der Waals surface area contributed by atoms with Gasteiger partial charge in [0.25, 0.3) is 0 Å². The van der Waals surface area contributed by atoms with Crippen molar-refractivity contribution in [1.29, 1.82) is 0 Å². The van der Waals surface area contributed by atoms with Gasteiger partial charge in [0.05, 0.1) is 5.75 Å². The van der Waals surface area contributed by atoms with E-state index < -0.39 is 0 Å². The maximum atomic E-state index is 12.9. The van der Waals surface area contributed by atoms with E-state index in [9.17, 15) is 4.79 Å². The molecule has 0 radical (unpaired) electrons. The SMILES string of the molecule is CC1CCc2c(sc3nc(C45CC6CC(CC(C6)C4)C5)nc(SCC(=O)NC4CCCCC4)c23)C1. The van der Waals surface area contributed by atoms with Crippen LogP contribution >= 0.6 is 23.1 Å². The number of rotatable bonds is 5. The summed E-state index contributed by atoms with van der Waals surface area (Å²) < 4.78 is 0. The van der Waals surface area contributed by atoms with Gasteiger partial charge < -0.3 is 5.32 Å². The molecule has 1 atom stereocenters. The molecular weight excluding hydrogens is 470 g/mol. The third-order valence-corrected chi connectivity index (χ3v) is 12.1. The number of hydrogen-bond donors (Lipinski definition) is 1. The Balaban J connectivity index is 1.22. The monoisotopic (exact) mass is 509 g/mol. The molecule has 5 saturated carbocycles. The van der Waals surface area contributed by atoms with Gasteiger partial charge in [-0.3, -0.25) is 4.79 Å².